The lowest BCUT2D eigenvalue weighted by Gasteiger charge is -2.22. The van der Waals surface area contributed by atoms with Crippen LogP contribution in [0.25, 0.3) is 0 Å². The summed E-state index contributed by atoms with van der Waals surface area (Å²) in [6, 6.07) is 7.50. The van der Waals surface area contributed by atoms with E-state index in [2.05, 4.69) is 10.4 Å². The molecule has 1 N–H and O–H groups in total. The number of aryl methyl sites for hydroxylation is 1. The fourth-order valence-corrected chi connectivity index (χ4v) is 3.03. The number of benzene rings is 1. The SMILES string of the molecule is Cc1cc(OCn2ccc(C(=O)NC3CCCCC3)n2)ccc1Cl. The Kier molecular flexibility index (Phi) is 5.41. The molecule has 1 fully saturated rings. The molecule has 1 aromatic heterocycles. The highest BCUT2D eigenvalue weighted by Gasteiger charge is 2.18. The number of ether oxygens (including phenoxy) is 1. The van der Waals surface area contributed by atoms with Crippen molar-refractivity contribution in [2.75, 3.05) is 0 Å². The zero-order chi connectivity index (χ0) is 16.9. The van der Waals surface area contributed by atoms with Crippen molar-refractivity contribution in [2.24, 2.45) is 0 Å². The van der Waals surface area contributed by atoms with E-state index in [1.165, 1.54) is 19.3 Å². The van der Waals surface area contributed by atoms with Crippen molar-refractivity contribution in [1.29, 1.82) is 0 Å². The van der Waals surface area contributed by atoms with Crippen molar-refractivity contribution in [3.8, 4) is 5.75 Å². The number of halogens is 1. The van der Waals surface area contributed by atoms with Gasteiger partial charge in [0.2, 0.25) is 0 Å². The second-order valence-electron chi connectivity index (χ2n) is 6.23. The minimum absolute atomic E-state index is 0.108. The summed E-state index contributed by atoms with van der Waals surface area (Å²) in [4.78, 5) is 12.2. The van der Waals surface area contributed by atoms with E-state index in [4.69, 9.17) is 16.3 Å². The Hall–Kier alpha value is -2.01. The molecule has 0 atom stereocenters. The zero-order valence-corrected chi connectivity index (χ0v) is 14.6. The third-order valence-corrected chi connectivity index (χ3v) is 4.73. The molecule has 1 aromatic carbocycles. The minimum atomic E-state index is -0.108. The number of nitrogens with zero attached hydrogens (tertiary/aromatic N) is 2. The molecule has 0 bridgehead atoms. The van der Waals surface area contributed by atoms with Crippen molar-refractivity contribution < 1.29 is 9.53 Å². The largest absolute Gasteiger partial charge is 0.471 e. The molecular weight excluding hydrogens is 326 g/mol. The molecule has 6 heteroatoms. The van der Waals surface area contributed by atoms with Gasteiger partial charge in [-0.05, 0) is 49.6 Å². The second kappa shape index (κ2) is 7.71. The fraction of sp³-hybridized carbons (Fsp3) is 0.444. The van der Waals surface area contributed by atoms with Crippen LogP contribution in [0.2, 0.25) is 5.02 Å². The average molecular weight is 348 g/mol. The summed E-state index contributed by atoms with van der Waals surface area (Å²) in [7, 11) is 0. The first-order valence-electron chi connectivity index (χ1n) is 8.35. The van der Waals surface area contributed by atoms with Crippen molar-refractivity contribution >= 4 is 17.5 Å². The normalized spacial score (nSPS) is 15.2. The third kappa shape index (κ3) is 4.29. The van der Waals surface area contributed by atoms with Gasteiger partial charge in [0.15, 0.2) is 6.73 Å². The topological polar surface area (TPSA) is 56.1 Å². The van der Waals surface area contributed by atoms with Crippen LogP contribution in [0.1, 0.15) is 48.2 Å². The highest BCUT2D eigenvalue weighted by atomic mass is 35.5. The first kappa shape index (κ1) is 16.8. The van der Waals surface area contributed by atoms with E-state index in [1.54, 1.807) is 23.0 Å². The van der Waals surface area contributed by atoms with Gasteiger partial charge in [0.1, 0.15) is 11.4 Å². The minimum Gasteiger partial charge on any atom is -0.471 e. The van der Waals surface area contributed by atoms with Crippen LogP contribution < -0.4 is 10.1 Å². The standard InChI is InChI=1S/C18H22ClN3O2/c1-13-11-15(7-8-16(13)19)24-12-22-10-9-17(21-22)18(23)20-14-5-3-2-4-6-14/h7-11,14H,2-6,12H2,1H3,(H,20,23). The first-order valence-corrected chi connectivity index (χ1v) is 8.73. The van der Waals surface area contributed by atoms with E-state index >= 15 is 0 Å². The van der Waals surface area contributed by atoms with Gasteiger partial charge in [0, 0.05) is 17.3 Å². The van der Waals surface area contributed by atoms with Crippen LogP contribution in [0.15, 0.2) is 30.5 Å². The second-order valence-corrected chi connectivity index (χ2v) is 6.64. The molecule has 0 spiro atoms. The van der Waals surface area contributed by atoms with Crippen LogP contribution in [0.3, 0.4) is 0 Å². The van der Waals surface area contributed by atoms with Gasteiger partial charge in [-0.2, -0.15) is 5.10 Å². The predicted molar refractivity (Wildman–Crippen MR) is 93.4 cm³/mol. The number of hydrogen-bond acceptors (Lipinski definition) is 3. The first-order chi connectivity index (χ1) is 11.6. The third-order valence-electron chi connectivity index (χ3n) is 4.31. The van der Waals surface area contributed by atoms with E-state index in [1.807, 2.05) is 19.1 Å². The summed E-state index contributed by atoms with van der Waals surface area (Å²) in [5.41, 5.74) is 1.39. The van der Waals surface area contributed by atoms with E-state index < -0.39 is 0 Å². The number of carbonyl (C=O) groups is 1. The number of aromatic nitrogens is 2. The Morgan fingerprint density at radius 3 is 2.88 bits per heavy atom. The molecule has 1 amide bonds. The van der Waals surface area contributed by atoms with Gasteiger partial charge in [-0.1, -0.05) is 30.9 Å². The number of amides is 1. The molecule has 3 rings (SSSR count). The highest BCUT2D eigenvalue weighted by Crippen LogP contribution is 2.21. The smallest absolute Gasteiger partial charge is 0.271 e. The quantitative estimate of drug-likeness (QED) is 0.891. The Morgan fingerprint density at radius 1 is 1.33 bits per heavy atom. The van der Waals surface area contributed by atoms with Crippen LogP contribution in [0, 0.1) is 6.92 Å². The fourth-order valence-electron chi connectivity index (χ4n) is 2.91. The Labute approximate surface area is 147 Å². The van der Waals surface area contributed by atoms with Crippen LogP contribution >= 0.6 is 11.6 Å². The number of rotatable bonds is 5. The summed E-state index contributed by atoms with van der Waals surface area (Å²) in [5, 5.41) is 8.06. The molecule has 5 nitrogen and oxygen atoms in total. The lowest BCUT2D eigenvalue weighted by Crippen LogP contribution is -2.36. The van der Waals surface area contributed by atoms with Crippen LogP contribution in [-0.2, 0) is 6.73 Å². The van der Waals surface area contributed by atoms with Crippen molar-refractivity contribution in [3.63, 3.8) is 0 Å². The van der Waals surface area contributed by atoms with Crippen molar-refractivity contribution in [1.82, 2.24) is 15.1 Å². The molecule has 1 heterocycles. The molecule has 128 valence electrons. The number of hydrogen-bond donors (Lipinski definition) is 1. The van der Waals surface area contributed by atoms with Gasteiger partial charge in [-0.25, -0.2) is 4.68 Å². The van der Waals surface area contributed by atoms with Gasteiger partial charge >= 0.3 is 0 Å². The van der Waals surface area contributed by atoms with Crippen LogP contribution in [0.4, 0.5) is 0 Å². The Bertz CT molecular complexity index is 708. The predicted octanol–water partition coefficient (Wildman–Crippen LogP) is 3.94. The van der Waals surface area contributed by atoms with E-state index in [-0.39, 0.29) is 18.7 Å². The van der Waals surface area contributed by atoms with Crippen LogP contribution in [-0.4, -0.2) is 21.7 Å². The monoisotopic (exact) mass is 347 g/mol. The average Bonchev–Trinajstić information content (AvgIpc) is 3.06. The summed E-state index contributed by atoms with van der Waals surface area (Å²) in [5.74, 6) is 0.614. The lowest BCUT2D eigenvalue weighted by molar-refractivity contribution is 0.0920. The van der Waals surface area contributed by atoms with Crippen LogP contribution in [0.5, 0.6) is 5.75 Å². The Balaban J connectivity index is 1.54. The zero-order valence-electron chi connectivity index (χ0n) is 13.8. The lowest BCUT2D eigenvalue weighted by atomic mass is 9.95. The van der Waals surface area contributed by atoms with E-state index in [9.17, 15) is 4.79 Å². The molecule has 0 aliphatic heterocycles. The summed E-state index contributed by atoms with van der Waals surface area (Å²) in [6.45, 7) is 2.18. The number of carbonyl (C=O) groups excluding carboxylic acids is 1. The van der Waals surface area contributed by atoms with Gasteiger partial charge in [0.25, 0.3) is 5.91 Å². The van der Waals surface area contributed by atoms with Crippen molar-refractivity contribution in [3.05, 3.63) is 46.7 Å². The molecule has 0 unspecified atom stereocenters. The number of nitrogens with one attached hydrogen (secondary N) is 1. The van der Waals surface area contributed by atoms with Gasteiger partial charge in [-0.15, -0.1) is 0 Å². The molecule has 1 aliphatic rings. The molecular formula is C18H22ClN3O2. The molecule has 1 aliphatic carbocycles. The van der Waals surface area contributed by atoms with E-state index in [0.717, 1.165) is 24.2 Å². The Morgan fingerprint density at radius 2 is 2.12 bits per heavy atom. The van der Waals surface area contributed by atoms with Gasteiger partial charge in [0.05, 0.1) is 0 Å². The summed E-state index contributed by atoms with van der Waals surface area (Å²) in [6.07, 6.45) is 7.51. The molecule has 1 saturated carbocycles. The molecule has 0 radical (unpaired) electrons. The molecule has 0 saturated heterocycles. The molecule has 24 heavy (non-hydrogen) atoms. The maximum atomic E-state index is 12.2. The summed E-state index contributed by atoms with van der Waals surface area (Å²) >= 11 is 6.00. The summed E-state index contributed by atoms with van der Waals surface area (Å²) < 4.78 is 7.29. The maximum Gasteiger partial charge on any atom is 0.271 e. The van der Waals surface area contributed by atoms with Crippen molar-refractivity contribution in [2.45, 2.75) is 51.8 Å². The molecule has 2 aromatic rings. The maximum absolute atomic E-state index is 12.2. The highest BCUT2D eigenvalue weighted by molar-refractivity contribution is 6.31. The van der Waals surface area contributed by atoms with Gasteiger partial charge in [-0.3, -0.25) is 4.79 Å². The van der Waals surface area contributed by atoms with E-state index in [0.29, 0.717) is 10.7 Å². The van der Waals surface area contributed by atoms with Gasteiger partial charge < -0.3 is 10.1 Å².